The van der Waals surface area contributed by atoms with E-state index in [0.29, 0.717) is 16.6 Å². The molecule has 0 bridgehead atoms. The molecule has 3 N–H and O–H groups in total. The molecule has 2 fully saturated rings. The van der Waals surface area contributed by atoms with E-state index in [1.807, 2.05) is 24.3 Å². The molecule has 0 spiro atoms. The zero-order chi connectivity index (χ0) is 22.3. The van der Waals surface area contributed by atoms with E-state index in [0.717, 1.165) is 56.6 Å². The van der Waals surface area contributed by atoms with Gasteiger partial charge in [-0.1, -0.05) is 24.4 Å². The van der Waals surface area contributed by atoms with Crippen molar-refractivity contribution in [1.82, 2.24) is 10.6 Å². The summed E-state index contributed by atoms with van der Waals surface area (Å²) in [6.45, 7) is 1.96. The first-order valence-corrected chi connectivity index (χ1v) is 11.8. The van der Waals surface area contributed by atoms with Crippen LogP contribution < -0.4 is 20.9 Å². The van der Waals surface area contributed by atoms with E-state index in [1.54, 1.807) is 24.3 Å². The summed E-state index contributed by atoms with van der Waals surface area (Å²) in [5.74, 6) is 0. The normalized spacial score (nSPS) is 23.2. The molecule has 168 valence electrons. The molecule has 1 heterocycles. The van der Waals surface area contributed by atoms with Crippen LogP contribution in [0.5, 0.6) is 0 Å². The van der Waals surface area contributed by atoms with Gasteiger partial charge in [-0.3, -0.25) is 0 Å². The minimum Gasteiger partial charge on any atom is -0.370 e. The minimum absolute atomic E-state index is 0.112. The van der Waals surface area contributed by atoms with Crippen LogP contribution >= 0.6 is 11.6 Å². The number of halogens is 1. The largest absolute Gasteiger partial charge is 0.370 e. The molecule has 1 aliphatic heterocycles. The number of piperidine rings is 1. The Bertz CT molecular complexity index is 940. The highest BCUT2D eigenvalue weighted by molar-refractivity contribution is 6.30. The van der Waals surface area contributed by atoms with Crippen molar-refractivity contribution in [1.29, 1.82) is 5.26 Å². The lowest BCUT2D eigenvalue weighted by Gasteiger charge is -2.40. The summed E-state index contributed by atoms with van der Waals surface area (Å²) in [7, 11) is 0. The van der Waals surface area contributed by atoms with Gasteiger partial charge < -0.3 is 20.9 Å². The number of hydrogen-bond acceptors (Lipinski definition) is 4. The maximum Gasteiger partial charge on any atom is 0.319 e. The maximum absolute atomic E-state index is 12.6. The van der Waals surface area contributed by atoms with Gasteiger partial charge in [0.2, 0.25) is 0 Å². The number of benzene rings is 2. The summed E-state index contributed by atoms with van der Waals surface area (Å²) in [6, 6.07) is 17.7. The lowest BCUT2D eigenvalue weighted by Crippen LogP contribution is -2.57. The summed E-state index contributed by atoms with van der Waals surface area (Å²) < 4.78 is 0. The van der Waals surface area contributed by atoms with Crippen LogP contribution in [0, 0.1) is 11.3 Å². The molecule has 0 aromatic heterocycles. The van der Waals surface area contributed by atoms with Crippen molar-refractivity contribution in [2.75, 3.05) is 23.3 Å². The highest BCUT2D eigenvalue weighted by Crippen LogP contribution is 2.24. The second kappa shape index (κ2) is 10.7. The molecule has 4 rings (SSSR count). The van der Waals surface area contributed by atoms with E-state index in [4.69, 9.17) is 16.9 Å². The van der Waals surface area contributed by atoms with Crippen molar-refractivity contribution in [2.45, 2.75) is 56.7 Å². The van der Waals surface area contributed by atoms with Gasteiger partial charge in [-0.15, -0.1) is 0 Å². The Morgan fingerprint density at radius 3 is 2.41 bits per heavy atom. The highest BCUT2D eigenvalue weighted by Gasteiger charge is 2.30. The zero-order valence-electron chi connectivity index (χ0n) is 18.2. The predicted octanol–water partition coefficient (Wildman–Crippen LogP) is 4.90. The molecule has 1 saturated carbocycles. The second-order valence-corrected chi connectivity index (χ2v) is 9.15. The zero-order valence-corrected chi connectivity index (χ0v) is 18.9. The minimum atomic E-state index is -0.172. The van der Waals surface area contributed by atoms with Crippen LogP contribution in [0.25, 0.3) is 0 Å². The van der Waals surface area contributed by atoms with Crippen molar-refractivity contribution < 1.29 is 4.79 Å². The van der Waals surface area contributed by atoms with Crippen molar-refractivity contribution in [3.63, 3.8) is 0 Å². The molecule has 7 heteroatoms. The molecular formula is C25H30ClN5O. The van der Waals surface area contributed by atoms with Crippen LogP contribution in [-0.2, 0) is 0 Å². The molecule has 2 aromatic carbocycles. The molecule has 1 unspecified atom stereocenters. The molecule has 1 saturated heterocycles. The fraction of sp³-hybridized carbons (Fsp3) is 0.440. The van der Waals surface area contributed by atoms with Crippen LogP contribution in [0.4, 0.5) is 16.2 Å². The molecule has 32 heavy (non-hydrogen) atoms. The highest BCUT2D eigenvalue weighted by atomic mass is 35.5. The second-order valence-electron chi connectivity index (χ2n) is 8.71. The Morgan fingerprint density at radius 1 is 0.969 bits per heavy atom. The monoisotopic (exact) mass is 451 g/mol. The van der Waals surface area contributed by atoms with Crippen LogP contribution in [0.3, 0.4) is 0 Å². The fourth-order valence-electron chi connectivity index (χ4n) is 4.77. The smallest absolute Gasteiger partial charge is 0.319 e. The number of carbonyl (C=O) groups is 1. The quantitative estimate of drug-likeness (QED) is 0.603. The number of anilines is 2. The first kappa shape index (κ1) is 22.4. The number of amides is 2. The van der Waals surface area contributed by atoms with Gasteiger partial charge in [0, 0.05) is 47.6 Å². The molecule has 1 aliphatic carbocycles. The van der Waals surface area contributed by atoms with Gasteiger partial charge in [0.25, 0.3) is 0 Å². The third-order valence-electron chi connectivity index (χ3n) is 6.42. The van der Waals surface area contributed by atoms with Gasteiger partial charge in [-0.2, -0.15) is 5.26 Å². The van der Waals surface area contributed by atoms with Gasteiger partial charge >= 0.3 is 6.03 Å². The number of nitriles is 1. The molecule has 6 nitrogen and oxygen atoms in total. The Labute approximate surface area is 194 Å². The van der Waals surface area contributed by atoms with E-state index in [1.165, 1.54) is 6.42 Å². The average molecular weight is 452 g/mol. The van der Waals surface area contributed by atoms with E-state index in [9.17, 15) is 4.79 Å². The van der Waals surface area contributed by atoms with E-state index >= 15 is 0 Å². The van der Waals surface area contributed by atoms with E-state index in [2.05, 4.69) is 26.9 Å². The molecule has 2 amide bonds. The Hall–Kier alpha value is -2.75. The van der Waals surface area contributed by atoms with Crippen molar-refractivity contribution in [3.05, 3.63) is 59.1 Å². The molecular weight excluding hydrogens is 422 g/mol. The lowest BCUT2D eigenvalue weighted by molar-refractivity contribution is 0.226. The van der Waals surface area contributed by atoms with Crippen molar-refractivity contribution in [2.24, 2.45) is 0 Å². The number of urea groups is 1. The molecule has 3 atom stereocenters. The van der Waals surface area contributed by atoms with Crippen LogP contribution in [-0.4, -0.2) is 37.2 Å². The van der Waals surface area contributed by atoms with Gasteiger partial charge in [-0.05, 0) is 74.2 Å². The Kier molecular flexibility index (Phi) is 7.51. The first-order valence-electron chi connectivity index (χ1n) is 11.4. The number of rotatable bonds is 5. The summed E-state index contributed by atoms with van der Waals surface area (Å²) in [6.07, 6.45) is 6.62. The number of nitrogens with one attached hydrogen (secondary N) is 3. The summed E-state index contributed by atoms with van der Waals surface area (Å²) in [5.41, 5.74) is 2.59. The SMILES string of the molecule is N#Cc1ccc(N2CCCC(N[C@@H]3CCCC[C@H]3NC(=O)Nc3ccc(Cl)cc3)C2)cc1. The fourth-order valence-corrected chi connectivity index (χ4v) is 4.90. The molecule has 2 aliphatic rings. The lowest BCUT2D eigenvalue weighted by atomic mass is 9.89. The summed E-state index contributed by atoms with van der Waals surface area (Å²) in [5, 5.41) is 19.6. The standard InChI is InChI=1S/C25H30ClN5O/c26-19-9-11-20(12-10-19)29-25(32)30-24-6-2-1-5-23(24)28-21-4-3-15-31(17-21)22-13-7-18(16-27)8-14-22/h7-14,21,23-24,28H,1-6,15,17H2,(H2,29,30,32)/t21?,23-,24-/m1/s1. The van der Waals surface area contributed by atoms with Gasteiger partial charge in [0.05, 0.1) is 11.6 Å². The van der Waals surface area contributed by atoms with Crippen LogP contribution in [0.2, 0.25) is 5.02 Å². The topological polar surface area (TPSA) is 80.2 Å². The number of hydrogen-bond donors (Lipinski definition) is 3. The number of carbonyl (C=O) groups excluding carboxylic acids is 1. The van der Waals surface area contributed by atoms with Gasteiger partial charge in [0.1, 0.15) is 0 Å². The van der Waals surface area contributed by atoms with Gasteiger partial charge in [-0.25, -0.2) is 4.79 Å². The Balaban J connectivity index is 1.33. The Morgan fingerprint density at radius 2 is 1.69 bits per heavy atom. The molecule has 0 radical (unpaired) electrons. The third kappa shape index (κ3) is 5.93. The summed E-state index contributed by atoms with van der Waals surface area (Å²) in [4.78, 5) is 15.0. The van der Waals surface area contributed by atoms with E-state index < -0.39 is 0 Å². The van der Waals surface area contributed by atoms with Crippen LogP contribution in [0.15, 0.2) is 48.5 Å². The predicted molar refractivity (Wildman–Crippen MR) is 129 cm³/mol. The summed E-state index contributed by atoms with van der Waals surface area (Å²) >= 11 is 5.93. The maximum atomic E-state index is 12.6. The van der Waals surface area contributed by atoms with Crippen molar-refractivity contribution in [3.8, 4) is 6.07 Å². The van der Waals surface area contributed by atoms with E-state index in [-0.39, 0.29) is 18.1 Å². The number of nitrogens with zero attached hydrogens (tertiary/aromatic N) is 2. The van der Waals surface area contributed by atoms with Gasteiger partial charge in [0.15, 0.2) is 0 Å². The third-order valence-corrected chi connectivity index (χ3v) is 6.67. The molecule has 2 aromatic rings. The van der Waals surface area contributed by atoms with Crippen molar-refractivity contribution >= 4 is 29.0 Å². The first-order chi connectivity index (χ1) is 15.6. The average Bonchev–Trinajstić information content (AvgIpc) is 2.82. The van der Waals surface area contributed by atoms with Crippen LogP contribution in [0.1, 0.15) is 44.1 Å².